The van der Waals surface area contributed by atoms with Gasteiger partial charge in [-0.05, 0) is 44.5 Å². The third-order valence-electron chi connectivity index (χ3n) is 2.71. The van der Waals surface area contributed by atoms with Gasteiger partial charge in [0.15, 0.2) is 0 Å². The van der Waals surface area contributed by atoms with E-state index in [9.17, 15) is 0 Å². The van der Waals surface area contributed by atoms with Crippen molar-refractivity contribution in [2.45, 2.75) is 26.9 Å². The van der Waals surface area contributed by atoms with E-state index < -0.39 is 0 Å². The molecule has 0 radical (unpaired) electrons. The van der Waals surface area contributed by atoms with Crippen molar-refractivity contribution in [3.63, 3.8) is 0 Å². The van der Waals surface area contributed by atoms with Crippen LogP contribution in [-0.4, -0.2) is 11.1 Å². The molecular formula is C15H18ClN3O. The fourth-order valence-electron chi connectivity index (χ4n) is 1.76. The number of hydrogen-bond acceptors (Lipinski definition) is 4. The van der Waals surface area contributed by atoms with Gasteiger partial charge in [0.05, 0.1) is 22.5 Å². The van der Waals surface area contributed by atoms with Crippen LogP contribution in [0.25, 0.3) is 0 Å². The Balaban J connectivity index is 2.30. The van der Waals surface area contributed by atoms with Crippen LogP contribution < -0.4 is 15.8 Å². The molecule has 0 saturated heterocycles. The minimum atomic E-state index is 0.0158. The summed E-state index contributed by atoms with van der Waals surface area (Å²) in [6, 6.07) is 9.29. The lowest BCUT2D eigenvalue weighted by atomic mass is 10.2. The molecular weight excluding hydrogens is 274 g/mol. The number of pyridine rings is 1. The van der Waals surface area contributed by atoms with Crippen LogP contribution in [0.15, 0.2) is 30.3 Å². The van der Waals surface area contributed by atoms with Gasteiger partial charge in [-0.2, -0.15) is 4.98 Å². The summed E-state index contributed by atoms with van der Waals surface area (Å²) < 4.78 is 5.57. The Labute approximate surface area is 123 Å². The van der Waals surface area contributed by atoms with Gasteiger partial charge in [-0.1, -0.05) is 23.7 Å². The first-order valence-electron chi connectivity index (χ1n) is 6.42. The second-order valence-electron chi connectivity index (χ2n) is 4.81. The quantitative estimate of drug-likeness (QED) is 0.888. The monoisotopic (exact) mass is 291 g/mol. The number of para-hydroxylation sites is 1. The van der Waals surface area contributed by atoms with Gasteiger partial charge in [0.25, 0.3) is 0 Å². The zero-order valence-corrected chi connectivity index (χ0v) is 12.5. The lowest BCUT2D eigenvalue weighted by Gasteiger charge is -2.14. The van der Waals surface area contributed by atoms with Crippen LogP contribution in [0.1, 0.15) is 19.4 Å². The van der Waals surface area contributed by atoms with Gasteiger partial charge >= 0.3 is 0 Å². The van der Waals surface area contributed by atoms with Crippen molar-refractivity contribution in [3.8, 4) is 5.88 Å². The van der Waals surface area contributed by atoms with Crippen LogP contribution in [-0.2, 0) is 0 Å². The van der Waals surface area contributed by atoms with Crippen molar-refractivity contribution in [2.75, 3.05) is 11.1 Å². The smallest absolute Gasteiger partial charge is 0.239 e. The predicted octanol–water partition coefficient (Wildman–Crippen LogP) is 4.16. The maximum Gasteiger partial charge on any atom is 0.239 e. The number of nitrogens with one attached hydrogen (secondary N) is 1. The largest absolute Gasteiger partial charge is 0.473 e. The number of hydrogen-bond donors (Lipinski definition) is 2. The first kappa shape index (κ1) is 14.5. The molecule has 0 aliphatic heterocycles. The van der Waals surface area contributed by atoms with Gasteiger partial charge in [-0.25, -0.2) is 0 Å². The summed E-state index contributed by atoms with van der Waals surface area (Å²) in [5.41, 5.74) is 8.24. The highest BCUT2D eigenvalue weighted by Crippen LogP contribution is 2.30. The lowest BCUT2D eigenvalue weighted by molar-refractivity contribution is 0.234. The molecule has 3 N–H and O–H groups in total. The maximum atomic E-state index is 6.19. The molecule has 0 aliphatic rings. The van der Waals surface area contributed by atoms with Crippen molar-refractivity contribution in [1.29, 1.82) is 0 Å². The van der Waals surface area contributed by atoms with Crippen molar-refractivity contribution in [2.24, 2.45) is 0 Å². The molecule has 0 spiro atoms. The van der Waals surface area contributed by atoms with Crippen molar-refractivity contribution in [3.05, 3.63) is 40.9 Å². The molecule has 2 rings (SSSR count). The number of ether oxygens (including phenoxy) is 1. The van der Waals surface area contributed by atoms with Crippen LogP contribution >= 0.6 is 11.6 Å². The molecule has 4 nitrogen and oxygen atoms in total. The molecule has 0 aliphatic carbocycles. The van der Waals surface area contributed by atoms with Crippen molar-refractivity contribution >= 4 is 28.8 Å². The number of aromatic nitrogens is 1. The number of benzene rings is 1. The molecule has 0 bridgehead atoms. The van der Waals surface area contributed by atoms with Gasteiger partial charge in [0.1, 0.15) is 5.82 Å². The maximum absolute atomic E-state index is 6.19. The Hall–Kier alpha value is -1.94. The van der Waals surface area contributed by atoms with Gasteiger partial charge in [0, 0.05) is 0 Å². The molecule has 5 heteroatoms. The summed E-state index contributed by atoms with van der Waals surface area (Å²) in [6.45, 7) is 5.84. The SMILES string of the molecule is Cc1cccc(Cl)c1Nc1ccc(N)c(OC(C)C)n1. The van der Waals surface area contributed by atoms with Crippen LogP contribution in [0.2, 0.25) is 5.02 Å². The minimum absolute atomic E-state index is 0.0158. The zero-order chi connectivity index (χ0) is 14.7. The predicted molar refractivity (Wildman–Crippen MR) is 83.9 cm³/mol. The third kappa shape index (κ3) is 3.33. The Morgan fingerprint density at radius 2 is 2.00 bits per heavy atom. The van der Waals surface area contributed by atoms with E-state index >= 15 is 0 Å². The summed E-state index contributed by atoms with van der Waals surface area (Å²) in [4.78, 5) is 4.37. The van der Waals surface area contributed by atoms with Crippen LogP contribution in [0, 0.1) is 6.92 Å². The second-order valence-corrected chi connectivity index (χ2v) is 5.22. The molecule has 0 atom stereocenters. The highest BCUT2D eigenvalue weighted by atomic mass is 35.5. The molecule has 0 saturated carbocycles. The van der Waals surface area contributed by atoms with E-state index in [4.69, 9.17) is 22.1 Å². The summed E-state index contributed by atoms with van der Waals surface area (Å²) >= 11 is 6.19. The summed E-state index contributed by atoms with van der Waals surface area (Å²) in [6.07, 6.45) is 0.0158. The van der Waals surface area contributed by atoms with Crippen LogP contribution in [0.3, 0.4) is 0 Å². The van der Waals surface area contributed by atoms with E-state index in [1.807, 2.05) is 39.0 Å². The number of nitrogen functional groups attached to an aromatic ring is 1. The van der Waals surface area contributed by atoms with E-state index in [0.717, 1.165) is 11.3 Å². The van der Waals surface area contributed by atoms with E-state index in [-0.39, 0.29) is 6.10 Å². The molecule has 0 amide bonds. The number of halogens is 1. The number of rotatable bonds is 4. The van der Waals surface area contributed by atoms with Crippen molar-refractivity contribution in [1.82, 2.24) is 4.98 Å². The van der Waals surface area contributed by atoms with Crippen molar-refractivity contribution < 1.29 is 4.74 Å². The van der Waals surface area contributed by atoms with E-state index in [0.29, 0.717) is 22.4 Å². The van der Waals surface area contributed by atoms with Crippen LogP contribution in [0.4, 0.5) is 17.2 Å². The fraction of sp³-hybridized carbons (Fsp3) is 0.267. The molecule has 1 aromatic carbocycles. The fourth-order valence-corrected chi connectivity index (χ4v) is 2.03. The van der Waals surface area contributed by atoms with E-state index in [1.54, 1.807) is 12.1 Å². The number of nitrogens with zero attached hydrogens (tertiary/aromatic N) is 1. The molecule has 0 fully saturated rings. The molecule has 1 heterocycles. The third-order valence-corrected chi connectivity index (χ3v) is 3.03. The Morgan fingerprint density at radius 3 is 2.65 bits per heavy atom. The first-order valence-corrected chi connectivity index (χ1v) is 6.80. The first-order chi connectivity index (χ1) is 9.47. The molecule has 106 valence electrons. The molecule has 1 aromatic heterocycles. The van der Waals surface area contributed by atoms with E-state index in [1.165, 1.54) is 0 Å². The average Bonchev–Trinajstić information content (AvgIpc) is 2.37. The Morgan fingerprint density at radius 1 is 1.25 bits per heavy atom. The van der Waals surface area contributed by atoms with Gasteiger partial charge in [-0.3, -0.25) is 0 Å². The number of nitrogens with two attached hydrogens (primary N) is 1. The average molecular weight is 292 g/mol. The zero-order valence-electron chi connectivity index (χ0n) is 11.8. The highest BCUT2D eigenvalue weighted by molar-refractivity contribution is 6.33. The molecule has 0 unspecified atom stereocenters. The Bertz CT molecular complexity index is 594. The standard InChI is InChI=1S/C15H18ClN3O/c1-9(2)20-15-12(17)7-8-13(19-15)18-14-10(3)5-4-6-11(14)16/h4-9H,17H2,1-3H3,(H,18,19). The molecule has 20 heavy (non-hydrogen) atoms. The normalized spacial score (nSPS) is 10.7. The van der Waals surface area contributed by atoms with Crippen LogP contribution in [0.5, 0.6) is 5.88 Å². The summed E-state index contributed by atoms with van der Waals surface area (Å²) in [5, 5.41) is 3.85. The highest BCUT2D eigenvalue weighted by Gasteiger charge is 2.09. The minimum Gasteiger partial charge on any atom is -0.473 e. The van der Waals surface area contributed by atoms with Gasteiger partial charge < -0.3 is 15.8 Å². The molecule has 2 aromatic rings. The van der Waals surface area contributed by atoms with Gasteiger partial charge in [-0.15, -0.1) is 0 Å². The summed E-state index contributed by atoms with van der Waals surface area (Å²) in [7, 11) is 0. The number of aryl methyl sites for hydroxylation is 1. The van der Waals surface area contributed by atoms with Gasteiger partial charge in [0.2, 0.25) is 5.88 Å². The number of anilines is 3. The topological polar surface area (TPSA) is 60.2 Å². The second kappa shape index (κ2) is 6.01. The lowest BCUT2D eigenvalue weighted by Crippen LogP contribution is -2.09. The van der Waals surface area contributed by atoms with E-state index in [2.05, 4.69) is 10.3 Å². The Kier molecular flexibility index (Phi) is 4.35. The summed E-state index contributed by atoms with van der Waals surface area (Å²) in [5.74, 6) is 1.07.